The number of anilines is 2. The smallest absolute Gasteiger partial charge is 0.275 e. The molecule has 0 bridgehead atoms. The van der Waals surface area contributed by atoms with Crippen molar-refractivity contribution >= 4 is 17.4 Å². The van der Waals surface area contributed by atoms with Crippen molar-refractivity contribution in [2.45, 2.75) is 32.8 Å². The average Bonchev–Trinajstić information content (AvgIpc) is 3.11. The maximum atomic E-state index is 12.3. The molecule has 1 fully saturated rings. The third-order valence-electron chi connectivity index (χ3n) is 3.78. The fourth-order valence-corrected chi connectivity index (χ4v) is 2.63. The Bertz CT molecular complexity index is 677. The number of amides is 1. The first-order chi connectivity index (χ1) is 11.6. The van der Waals surface area contributed by atoms with E-state index in [0.717, 1.165) is 24.7 Å². The second kappa shape index (κ2) is 7.29. The van der Waals surface area contributed by atoms with Gasteiger partial charge in [-0.05, 0) is 51.0 Å². The zero-order chi connectivity index (χ0) is 16.9. The molecule has 0 unspecified atom stereocenters. The van der Waals surface area contributed by atoms with Crippen LogP contribution in [0, 0.1) is 0 Å². The van der Waals surface area contributed by atoms with Crippen LogP contribution < -0.4 is 15.0 Å². The van der Waals surface area contributed by atoms with E-state index in [1.165, 1.54) is 19.0 Å². The number of hydrogen-bond donors (Lipinski definition) is 1. The second-order valence-electron chi connectivity index (χ2n) is 6.10. The standard InChI is InChI=1S/C18H22N4O2/c1-13(2)24-15-7-5-14(6-8-15)21-18(23)16-11-20-17(12-19-16)22-9-3-4-10-22/h5-8,11-13H,3-4,9-10H2,1-2H3,(H,21,23). The molecule has 126 valence electrons. The number of carbonyl (C=O) groups is 1. The van der Waals surface area contributed by atoms with Gasteiger partial charge in [0.2, 0.25) is 0 Å². The van der Waals surface area contributed by atoms with Gasteiger partial charge in [-0.25, -0.2) is 9.97 Å². The molecule has 0 saturated carbocycles. The highest BCUT2D eigenvalue weighted by Crippen LogP contribution is 2.18. The zero-order valence-corrected chi connectivity index (χ0v) is 14.0. The van der Waals surface area contributed by atoms with Gasteiger partial charge in [0, 0.05) is 18.8 Å². The first kappa shape index (κ1) is 16.2. The first-order valence-electron chi connectivity index (χ1n) is 8.27. The van der Waals surface area contributed by atoms with Gasteiger partial charge in [-0.1, -0.05) is 0 Å². The summed E-state index contributed by atoms with van der Waals surface area (Å²) in [6.07, 6.45) is 5.68. The Labute approximate surface area is 141 Å². The molecule has 1 aliphatic heterocycles. The van der Waals surface area contributed by atoms with Crippen molar-refractivity contribution in [1.29, 1.82) is 0 Å². The van der Waals surface area contributed by atoms with Crippen molar-refractivity contribution in [3.8, 4) is 5.75 Å². The minimum atomic E-state index is -0.270. The largest absolute Gasteiger partial charge is 0.491 e. The van der Waals surface area contributed by atoms with Crippen molar-refractivity contribution < 1.29 is 9.53 Å². The Kier molecular flexibility index (Phi) is 4.93. The fraction of sp³-hybridized carbons (Fsp3) is 0.389. The predicted molar refractivity (Wildman–Crippen MR) is 93.6 cm³/mol. The maximum Gasteiger partial charge on any atom is 0.275 e. The van der Waals surface area contributed by atoms with Gasteiger partial charge < -0.3 is 15.0 Å². The van der Waals surface area contributed by atoms with Gasteiger partial charge in [0.15, 0.2) is 0 Å². The molecular formula is C18H22N4O2. The van der Waals surface area contributed by atoms with Crippen molar-refractivity contribution in [1.82, 2.24) is 9.97 Å². The maximum absolute atomic E-state index is 12.3. The lowest BCUT2D eigenvalue weighted by Gasteiger charge is -2.15. The molecule has 0 aliphatic carbocycles. The van der Waals surface area contributed by atoms with E-state index in [9.17, 15) is 4.79 Å². The number of aromatic nitrogens is 2. The third-order valence-corrected chi connectivity index (χ3v) is 3.78. The summed E-state index contributed by atoms with van der Waals surface area (Å²) in [6.45, 7) is 5.95. The van der Waals surface area contributed by atoms with E-state index in [1.54, 1.807) is 6.20 Å². The van der Waals surface area contributed by atoms with Crippen molar-refractivity contribution in [2.75, 3.05) is 23.3 Å². The summed E-state index contributed by atoms with van der Waals surface area (Å²) in [5, 5.41) is 2.82. The van der Waals surface area contributed by atoms with E-state index >= 15 is 0 Å². The highest BCUT2D eigenvalue weighted by atomic mass is 16.5. The topological polar surface area (TPSA) is 67.3 Å². The molecule has 1 aromatic heterocycles. The van der Waals surface area contributed by atoms with E-state index in [2.05, 4.69) is 20.2 Å². The van der Waals surface area contributed by atoms with Crippen LogP contribution in [0.4, 0.5) is 11.5 Å². The minimum Gasteiger partial charge on any atom is -0.491 e. The third kappa shape index (κ3) is 4.01. The molecule has 3 rings (SSSR count). The number of nitrogens with zero attached hydrogens (tertiary/aromatic N) is 3. The first-order valence-corrected chi connectivity index (χ1v) is 8.27. The van der Waals surface area contributed by atoms with E-state index in [1.807, 2.05) is 38.1 Å². The quantitative estimate of drug-likeness (QED) is 0.914. The van der Waals surface area contributed by atoms with Gasteiger partial charge >= 0.3 is 0 Å². The summed E-state index contributed by atoms with van der Waals surface area (Å²) < 4.78 is 5.58. The molecule has 1 aliphatic rings. The average molecular weight is 326 g/mol. The van der Waals surface area contributed by atoms with E-state index in [0.29, 0.717) is 11.4 Å². The highest BCUT2D eigenvalue weighted by Gasteiger charge is 2.15. The molecule has 0 spiro atoms. The number of benzene rings is 1. The Balaban J connectivity index is 1.61. The number of carbonyl (C=O) groups excluding carboxylic acids is 1. The molecule has 24 heavy (non-hydrogen) atoms. The molecule has 6 nitrogen and oxygen atoms in total. The van der Waals surface area contributed by atoms with Gasteiger partial charge in [-0.15, -0.1) is 0 Å². The summed E-state index contributed by atoms with van der Waals surface area (Å²) >= 11 is 0. The second-order valence-corrected chi connectivity index (χ2v) is 6.10. The molecule has 1 N–H and O–H groups in total. The molecule has 1 aromatic carbocycles. The van der Waals surface area contributed by atoms with Crippen molar-refractivity contribution in [3.63, 3.8) is 0 Å². The van der Waals surface area contributed by atoms with Crippen LogP contribution in [0.25, 0.3) is 0 Å². The number of nitrogens with one attached hydrogen (secondary N) is 1. The van der Waals surface area contributed by atoms with Crippen molar-refractivity contribution in [3.05, 3.63) is 42.4 Å². The minimum absolute atomic E-state index is 0.120. The van der Waals surface area contributed by atoms with Gasteiger partial charge in [0.05, 0.1) is 18.5 Å². The molecule has 2 aromatic rings. The summed E-state index contributed by atoms with van der Waals surface area (Å²) in [4.78, 5) is 23.0. The molecule has 1 amide bonds. The lowest BCUT2D eigenvalue weighted by Crippen LogP contribution is -2.20. The Morgan fingerprint density at radius 2 is 1.83 bits per heavy atom. The summed E-state index contributed by atoms with van der Waals surface area (Å²) in [7, 11) is 0. The Morgan fingerprint density at radius 3 is 2.42 bits per heavy atom. The number of hydrogen-bond acceptors (Lipinski definition) is 5. The summed E-state index contributed by atoms with van der Waals surface area (Å²) in [5.74, 6) is 1.34. The number of rotatable bonds is 5. The molecular weight excluding hydrogens is 304 g/mol. The summed E-state index contributed by atoms with van der Waals surface area (Å²) in [5.41, 5.74) is 1.00. The van der Waals surface area contributed by atoms with E-state index in [4.69, 9.17) is 4.74 Å². The van der Waals surface area contributed by atoms with E-state index in [-0.39, 0.29) is 12.0 Å². The fourth-order valence-electron chi connectivity index (χ4n) is 2.63. The molecule has 0 radical (unpaired) electrons. The van der Waals surface area contributed by atoms with Crippen molar-refractivity contribution in [2.24, 2.45) is 0 Å². The van der Waals surface area contributed by atoms with Gasteiger partial charge in [-0.3, -0.25) is 4.79 Å². The molecule has 1 saturated heterocycles. The van der Waals surface area contributed by atoms with Crippen LogP contribution in [0.2, 0.25) is 0 Å². The molecule has 6 heteroatoms. The van der Waals surface area contributed by atoms with Crippen LogP contribution in [0.1, 0.15) is 37.2 Å². The van der Waals surface area contributed by atoms with Gasteiger partial charge in [0.1, 0.15) is 17.3 Å². The van der Waals surface area contributed by atoms with Crippen LogP contribution in [-0.4, -0.2) is 35.1 Å². The van der Waals surface area contributed by atoms with Crippen LogP contribution in [0.3, 0.4) is 0 Å². The summed E-state index contributed by atoms with van der Waals surface area (Å²) in [6, 6.07) is 7.28. The number of ether oxygens (including phenoxy) is 1. The Hall–Kier alpha value is -2.63. The van der Waals surface area contributed by atoms with Gasteiger partial charge in [0.25, 0.3) is 5.91 Å². The lowest BCUT2D eigenvalue weighted by molar-refractivity contribution is 0.102. The van der Waals surface area contributed by atoms with Crippen LogP contribution in [-0.2, 0) is 0 Å². The monoisotopic (exact) mass is 326 g/mol. The lowest BCUT2D eigenvalue weighted by atomic mass is 10.3. The molecule has 0 atom stereocenters. The van der Waals surface area contributed by atoms with Crippen LogP contribution in [0.5, 0.6) is 5.75 Å². The normalized spacial score (nSPS) is 14.0. The Morgan fingerprint density at radius 1 is 1.12 bits per heavy atom. The van der Waals surface area contributed by atoms with Crippen LogP contribution >= 0.6 is 0 Å². The van der Waals surface area contributed by atoms with Crippen LogP contribution in [0.15, 0.2) is 36.7 Å². The highest BCUT2D eigenvalue weighted by molar-refractivity contribution is 6.02. The molecule has 2 heterocycles. The van der Waals surface area contributed by atoms with E-state index < -0.39 is 0 Å². The van der Waals surface area contributed by atoms with Gasteiger partial charge in [-0.2, -0.15) is 0 Å². The SMILES string of the molecule is CC(C)Oc1ccc(NC(=O)c2cnc(N3CCCC3)cn2)cc1. The zero-order valence-electron chi connectivity index (χ0n) is 14.0. The predicted octanol–water partition coefficient (Wildman–Crippen LogP) is 3.12.